The number of carbonyl (C=O) groups is 2. The maximum absolute atomic E-state index is 11.3. The molecule has 0 bridgehead atoms. The van der Waals surface area contributed by atoms with Gasteiger partial charge in [-0.05, 0) is 27.7 Å². The first-order chi connectivity index (χ1) is 6.74. The summed E-state index contributed by atoms with van der Waals surface area (Å²) in [5.41, 5.74) is -0.511. The Balaban J connectivity index is 3.92. The molecule has 0 aliphatic heterocycles. The van der Waals surface area contributed by atoms with E-state index in [0.29, 0.717) is 11.8 Å². The summed E-state index contributed by atoms with van der Waals surface area (Å²) in [6, 6.07) is -0.204. The lowest BCUT2D eigenvalue weighted by molar-refractivity contribution is -0.116. The third kappa shape index (κ3) is 8.42. The quantitative estimate of drug-likeness (QED) is 0.803. The number of alkyl halides is 1. The van der Waals surface area contributed by atoms with Crippen LogP contribution in [0.25, 0.3) is 0 Å². The average Bonchev–Trinajstić information content (AvgIpc) is 1.99. The molecule has 0 heterocycles. The Hall–Kier alpha value is -0.580. The monoisotopic (exact) mass is 279 g/mol. The molecule has 0 saturated carbocycles. The van der Waals surface area contributed by atoms with Crippen LogP contribution in [0, 0.1) is 0 Å². The number of alkyl carbamates (subject to hydrolysis) is 1. The van der Waals surface area contributed by atoms with Gasteiger partial charge in [-0.1, -0.05) is 15.9 Å². The van der Waals surface area contributed by atoms with Crippen molar-refractivity contribution >= 4 is 27.8 Å². The molecular weight excluding hydrogens is 262 g/mol. The van der Waals surface area contributed by atoms with Crippen molar-refractivity contribution in [2.24, 2.45) is 0 Å². The second-order valence-corrected chi connectivity index (χ2v) is 4.98. The molecule has 0 fully saturated rings. The summed E-state index contributed by atoms with van der Waals surface area (Å²) >= 11 is 3.06. The number of halogens is 1. The van der Waals surface area contributed by atoms with Gasteiger partial charge in [-0.25, -0.2) is 4.79 Å². The van der Waals surface area contributed by atoms with Crippen LogP contribution < -0.4 is 5.32 Å². The third-order valence-electron chi connectivity index (χ3n) is 1.45. The van der Waals surface area contributed by atoms with Crippen LogP contribution in [0.2, 0.25) is 0 Å². The summed E-state index contributed by atoms with van der Waals surface area (Å²) in [5.74, 6) is 0.0542. The zero-order valence-corrected chi connectivity index (χ0v) is 11.2. The number of hydrogen-bond donors (Lipinski definition) is 1. The largest absolute Gasteiger partial charge is 0.444 e. The van der Waals surface area contributed by atoms with Crippen molar-refractivity contribution in [3.8, 4) is 0 Å². The van der Waals surface area contributed by atoms with E-state index >= 15 is 0 Å². The van der Waals surface area contributed by atoms with E-state index in [1.54, 1.807) is 27.7 Å². The van der Waals surface area contributed by atoms with Gasteiger partial charge in [0.15, 0.2) is 0 Å². The van der Waals surface area contributed by atoms with Crippen LogP contribution in [-0.4, -0.2) is 28.8 Å². The zero-order chi connectivity index (χ0) is 12.1. The van der Waals surface area contributed by atoms with Crippen molar-refractivity contribution in [2.45, 2.75) is 45.8 Å². The van der Waals surface area contributed by atoms with E-state index in [2.05, 4.69) is 21.2 Å². The van der Waals surface area contributed by atoms with Gasteiger partial charge >= 0.3 is 6.09 Å². The molecular formula is C10H18BrNO3. The van der Waals surface area contributed by atoms with Crippen LogP contribution >= 0.6 is 15.9 Å². The van der Waals surface area contributed by atoms with Crippen LogP contribution in [0.3, 0.4) is 0 Å². The van der Waals surface area contributed by atoms with E-state index in [1.807, 2.05) is 0 Å². The number of rotatable bonds is 4. The van der Waals surface area contributed by atoms with Crippen LogP contribution in [0.15, 0.2) is 0 Å². The fourth-order valence-corrected chi connectivity index (χ4v) is 1.18. The lowest BCUT2D eigenvalue weighted by Gasteiger charge is -2.21. The molecule has 88 valence electrons. The number of nitrogens with one attached hydrogen (secondary N) is 1. The van der Waals surface area contributed by atoms with Crippen molar-refractivity contribution in [1.82, 2.24) is 5.32 Å². The molecule has 0 aromatic carbocycles. The fraction of sp³-hybridized carbons (Fsp3) is 0.800. The fourth-order valence-electron chi connectivity index (χ4n) is 0.956. The number of ether oxygens (including phenoxy) is 1. The Labute approximate surface area is 98.9 Å². The molecule has 0 aliphatic rings. The third-order valence-corrected chi connectivity index (χ3v) is 2.07. The molecule has 15 heavy (non-hydrogen) atoms. The predicted octanol–water partition coefficient (Wildman–Crippen LogP) is 2.25. The standard InChI is InChI=1S/C10H18BrNO3/c1-7(5-8(13)6-11)12-9(14)15-10(2,3)4/h7H,5-6H2,1-4H3,(H,12,14)/t7-/m1/s1. The van der Waals surface area contributed by atoms with Gasteiger partial charge in [-0.3, -0.25) is 4.79 Å². The molecule has 0 aromatic rings. The Morgan fingerprint density at radius 3 is 2.33 bits per heavy atom. The maximum atomic E-state index is 11.3. The van der Waals surface area contributed by atoms with E-state index in [9.17, 15) is 9.59 Å². The van der Waals surface area contributed by atoms with Crippen molar-refractivity contribution in [3.05, 3.63) is 0 Å². The molecule has 1 amide bonds. The molecule has 1 N–H and O–H groups in total. The normalized spacial score (nSPS) is 13.1. The average molecular weight is 280 g/mol. The smallest absolute Gasteiger partial charge is 0.407 e. The Kier molecular flexibility index (Phi) is 5.87. The molecule has 0 radical (unpaired) electrons. The number of Topliss-reactive ketones (excluding diaryl/α,β-unsaturated/α-hetero) is 1. The van der Waals surface area contributed by atoms with Gasteiger partial charge in [-0.2, -0.15) is 0 Å². The molecule has 0 saturated heterocycles. The highest BCUT2D eigenvalue weighted by molar-refractivity contribution is 9.09. The van der Waals surface area contributed by atoms with Gasteiger partial charge in [0.1, 0.15) is 11.4 Å². The Morgan fingerprint density at radius 1 is 1.40 bits per heavy atom. The molecule has 5 heteroatoms. The molecule has 0 unspecified atom stereocenters. The highest BCUT2D eigenvalue weighted by atomic mass is 79.9. The SMILES string of the molecule is C[C@H](CC(=O)CBr)NC(=O)OC(C)(C)C. The molecule has 1 atom stereocenters. The van der Waals surface area contributed by atoms with Gasteiger partial charge in [0.05, 0.1) is 5.33 Å². The molecule has 4 nitrogen and oxygen atoms in total. The van der Waals surface area contributed by atoms with Crippen molar-refractivity contribution in [2.75, 3.05) is 5.33 Å². The molecule has 0 spiro atoms. The number of hydrogen-bond acceptors (Lipinski definition) is 3. The minimum absolute atomic E-state index is 0.0542. The Morgan fingerprint density at radius 2 is 1.93 bits per heavy atom. The summed E-state index contributed by atoms with van der Waals surface area (Å²) in [6.07, 6.45) is -0.179. The van der Waals surface area contributed by atoms with Gasteiger partial charge in [-0.15, -0.1) is 0 Å². The van der Waals surface area contributed by atoms with Gasteiger partial charge in [0, 0.05) is 12.5 Å². The van der Waals surface area contributed by atoms with Crippen LogP contribution in [0.4, 0.5) is 4.79 Å². The summed E-state index contributed by atoms with van der Waals surface area (Å²) in [6.45, 7) is 7.15. The molecule has 0 aromatic heterocycles. The van der Waals surface area contributed by atoms with Crippen molar-refractivity contribution in [1.29, 1.82) is 0 Å². The van der Waals surface area contributed by atoms with Crippen LogP contribution in [-0.2, 0) is 9.53 Å². The predicted molar refractivity (Wildman–Crippen MR) is 62.2 cm³/mol. The van der Waals surface area contributed by atoms with E-state index in [4.69, 9.17) is 4.74 Å². The number of carbonyl (C=O) groups excluding carboxylic acids is 2. The summed E-state index contributed by atoms with van der Waals surface area (Å²) in [7, 11) is 0. The van der Waals surface area contributed by atoms with Gasteiger partial charge < -0.3 is 10.1 Å². The summed E-state index contributed by atoms with van der Waals surface area (Å²) < 4.78 is 5.05. The second kappa shape index (κ2) is 6.10. The van der Waals surface area contributed by atoms with Crippen molar-refractivity contribution in [3.63, 3.8) is 0 Å². The summed E-state index contributed by atoms with van der Waals surface area (Å²) in [5, 5.41) is 2.91. The minimum Gasteiger partial charge on any atom is -0.444 e. The van der Waals surface area contributed by atoms with Crippen molar-refractivity contribution < 1.29 is 14.3 Å². The number of ketones is 1. The van der Waals surface area contributed by atoms with E-state index in [1.165, 1.54) is 0 Å². The van der Waals surface area contributed by atoms with E-state index in [-0.39, 0.29) is 11.8 Å². The molecule has 0 rings (SSSR count). The van der Waals surface area contributed by atoms with Gasteiger partial charge in [0.2, 0.25) is 0 Å². The highest BCUT2D eigenvalue weighted by Gasteiger charge is 2.18. The zero-order valence-electron chi connectivity index (χ0n) is 9.59. The van der Waals surface area contributed by atoms with Crippen LogP contribution in [0.1, 0.15) is 34.1 Å². The lowest BCUT2D eigenvalue weighted by Crippen LogP contribution is -2.38. The number of amides is 1. The van der Waals surface area contributed by atoms with Crippen LogP contribution in [0.5, 0.6) is 0 Å². The van der Waals surface area contributed by atoms with E-state index in [0.717, 1.165) is 0 Å². The van der Waals surface area contributed by atoms with E-state index < -0.39 is 11.7 Å². The maximum Gasteiger partial charge on any atom is 0.407 e. The van der Waals surface area contributed by atoms with Gasteiger partial charge in [0.25, 0.3) is 0 Å². The first-order valence-electron chi connectivity index (χ1n) is 4.82. The summed E-state index contributed by atoms with van der Waals surface area (Å²) in [4.78, 5) is 22.3. The highest BCUT2D eigenvalue weighted by Crippen LogP contribution is 2.07. The molecule has 0 aliphatic carbocycles. The Bertz CT molecular complexity index is 235. The first-order valence-corrected chi connectivity index (χ1v) is 5.94. The topological polar surface area (TPSA) is 55.4 Å². The first kappa shape index (κ1) is 14.4. The minimum atomic E-state index is -0.511. The lowest BCUT2D eigenvalue weighted by atomic mass is 10.2. The second-order valence-electron chi connectivity index (χ2n) is 4.42.